The molecule has 0 radical (unpaired) electrons. The van der Waals surface area contributed by atoms with Gasteiger partial charge in [0.25, 0.3) is 0 Å². The molecule has 1 aliphatic rings. The first-order valence-corrected chi connectivity index (χ1v) is 7.25. The number of carbonyl (C=O) groups is 1. The van der Waals surface area contributed by atoms with Crippen molar-refractivity contribution in [2.24, 2.45) is 4.99 Å². The highest BCUT2D eigenvalue weighted by Gasteiger charge is 2.50. The molecule has 0 aromatic carbocycles. The highest BCUT2D eigenvalue weighted by molar-refractivity contribution is 9.10. The number of carbonyl (C=O) groups excluding carboxylic acids is 1. The van der Waals surface area contributed by atoms with Crippen LogP contribution in [0.15, 0.2) is 29.5 Å². The van der Waals surface area contributed by atoms with Crippen LogP contribution in [-0.2, 0) is 4.79 Å². The summed E-state index contributed by atoms with van der Waals surface area (Å²) in [7, 11) is 1.63. The molecule has 1 aromatic rings. The highest BCUT2D eigenvalue weighted by atomic mass is 79.9. The van der Waals surface area contributed by atoms with Crippen molar-refractivity contribution in [3.8, 4) is 0 Å². The lowest BCUT2D eigenvalue weighted by atomic mass is 10.2. The molecule has 7 heteroatoms. The Labute approximate surface area is 130 Å². The van der Waals surface area contributed by atoms with Crippen LogP contribution in [0.1, 0.15) is 12.8 Å². The minimum absolute atomic E-state index is 0.0782. The van der Waals surface area contributed by atoms with Gasteiger partial charge < -0.3 is 4.90 Å². The zero-order valence-corrected chi connectivity index (χ0v) is 13.2. The molecular weight excluding hydrogens is 344 g/mol. The molecule has 106 valence electrons. The third-order valence-electron chi connectivity index (χ3n) is 3.08. The van der Waals surface area contributed by atoms with E-state index < -0.39 is 10.4 Å². The predicted octanol–water partition coefficient (Wildman–Crippen LogP) is 2.75. The Kier molecular flexibility index (Phi) is 4.55. The van der Waals surface area contributed by atoms with Crippen LogP contribution in [0.5, 0.6) is 0 Å². The van der Waals surface area contributed by atoms with Gasteiger partial charge in [0, 0.05) is 19.5 Å². The van der Waals surface area contributed by atoms with Crippen LogP contribution in [0.3, 0.4) is 0 Å². The molecule has 1 aliphatic carbocycles. The van der Waals surface area contributed by atoms with Gasteiger partial charge in [0.2, 0.25) is 5.91 Å². The van der Waals surface area contributed by atoms with Crippen LogP contribution < -0.4 is 0 Å². The first kappa shape index (κ1) is 15.1. The van der Waals surface area contributed by atoms with E-state index >= 15 is 0 Å². The number of rotatable bonds is 5. The van der Waals surface area contributed by atoms with Gasteiger partial charge in [-0.25, -0.2) is 0 Å². The summed E-state index contributed by atoms with van der Waals surface area (Å²) in [5.74, 6) is -0.0782. The average Bonchev–Trinajstić information content (AvgIpc) is 3.18. The molecule has 1 aromatic heterocycles. The first-order chi connectivity index (χ1) is 9.44. The smallest absolute Gasteiger partial charge is 0.240 e. The summed E-state index contributed by atoms with van der Waals surface area (Å²) >= 11 is 9.20. The number of alkyl halides is 1. The second kappa shape index (κ2) is 6.01. The number of halogens is 2. The zero-order valence-electron chi connectivity index (χ0n) is 10.9. The van der Waals surface area contributed by atoms with Crippen molar-refractivity contribution < 1.29 is 4.79 Å². The van der Waals surface area contributed by atoms with E-state index in [2.05, 4.69) is 25.9 Å². The van der Waals surface area contributed by atoms with Crippen molar-refractivity contribution >= 4 is 50.5 Å². The highest BCUT2D eigenvalue weighted by Crippen LogP contribution is 2.46. The van der Waals surface area contributed by atoms with Gasteiger partial charge in [-0.1, -0.05) is 27.5 Å². The summed E-state index contributed by atoms with van der Waals surface area (Å²) in [6.07, 6.45) is 6.34. The summed E-state index contributed by atoms with van der Waals surface area (Å²) in [5.41, 5.74) is 0.649. The Balaban J connectivity index is 2.13. The van der Waals surface area contributed by atoms with Gasteiger partial charge in [-0.3, -0.25) is 20.2 Å². The molecule has 1 atom stereocenters. The molecule has 1 amide bonds. The second-order valence-electron chi connectivity index (χ2n) is 4.66. The Morgan fingerprint density at radius 3 is 2.90 bits per heavy atom. The molecule has 20 heavy (non-hydrogen) atoms. The van der Waals surface area contributed by atoms with Crippen LogP contribution in [0.2, 0.25) is 0 Å². The van der Waals surface area contributed by atoms with Crippen molar-refractivity contribution in [2.45, 2.75) is 23.2 Å². The number of pyridine rings is 1. The Hall–Kier alpha value is -1.27. The van der Waals surface area contributed by atoms with Crippen LogP contribution >= 0.6 is 27.5 Å². The molecule has 0 aliphatic heterocycles. The maximum atomic E-state index is 12.2. The molecule has 1 saturated carbocycles. The maximum absolute atomic E-state index is 12.2. The number of nitrogens with one attached hydrogen (secondary N) is 1. The van der Waals surface area contributed by atoms with Gasteiger partial charge in [-0.15, -0.1) is 0 Å². The van der Waals surface area contributed by atoms with Crippen molar-refractivity contribution in [3.63, 3.8) is 0 Å². The summed E-state index contributed by atoms with van der Waals surface area (Å²) in [6, 6.07) is 2.88. The van der Waals surface area contributed by atoms with Crippen molar-refractivity contribution in [2.75, 3.05) is 7.05 Å². The van der Waals surface area contributed by atoms with Gasteiger partial charge >= 0.3 is 0 Å². The number of hydrogen-bond acceptors (Lipinski definition) is 4. The van der Waals surface area contributed by atoms with Crippen molar-refractivity contribution in [3.05, 3.63) is 24.5 Å². The molecule has 5 nitrogen and oxygen atoms in total. The van der Waals surface area contributed by atoms with Crippen LogP contribution in [0.25, 0.3) is 0 Å². The quantitative estimate of drug-likeness (QED) is 0.650. The number of amides is 1. The number of nitrogens with zero attached hydrogens (tertiary/aromatic N) is 3. The lowest BCUT2D eigenvalue weighted by Gasteiger charge is -2.25. The van der Waals surface area contributed by atoms with Gasteiger partial charge in [0.1, 0.15) is 15.5 Å². The third-order valence-corrected chi connectivity index (χ3v) is 4.44. The number of aliphatic imine (C=N–C) groups is 1. The normalized spacial score (nSPS) is 17.8. The Morgan fingerprint density at radius 2 is 2.40 bits per heavy atom. The van der Waals surface area contributed by atoms with E-state index in [0.717, 1.165) is 12.8 Å². The van der Waals surface area contributed by atoms with Gasteiger partial charge in [-0.05, 0) is 25.0 Å². The number of hydrogen-bond donors (Lipinski definition) is 1. The molecule has 0 bridgehead atoms. The van der Waals surface area contributed by atoms with E-state index in [1.807, 2.05) is 0 Å². The van der Waals surface area contributed by atoms with E-state index in [4.69, 9.17) is 17.0 Å². The summed E-state index contributed by atoms with van der Waals surface area (Å²) in [4.78, 5) is 21.8. The molecular formula is C13H14BrClN4O. The lowest BCUT2D eigenvalue weighted by Crippen LogP contribution is -2.45. The molecule has 0 saturated heterocycles. The van der Waals surface area contributed by atoms with E-state index in [-0.39, 0.29) is 11.1 Å². The Morgan fingerprint density at radius 1 is 1.70 bits per heavy atom. The van der Waals surface area contributed by atoms with Crippen LogP contribution in [0.4, 0.5) is 5.69 Å². The first-order valence-electron chi connectivity index (χ1n) is 6.08. The minimum Gasteiger partial charge on any atom is -0.330 e. The fraction of sp³-hybridized carbons (Fsp3) is 0.385. The standard InChI is InChI=1S/C13H14BrClN4O/c1-19(12(20)13(14)4-5-13)10(11(15)16)8-18-9-3-2-6-17-7-9/h2-3,6-8,10,16H,4-5H2,1H3. The SMILES string of the molecule is CN(C(=O)C1(Br)CC1)C(C=Nc1cccnc1)C(=N)Cl. The van der Waals surface area contributed by atoms with Gasteiger partial charge in [0.05, 0.1) is 11.9 Å². The molecule has 1 N–H and O–H groups in total. The van der Waals surface area contributed by atoms with Crippen LogP contribution in [-0.4, -0.2) is 44.6 Å². The zero-order chi connectivity index (χ0) is 14.8. The lowest BCUT2D eigenvalue weighted by molar-refractivity contribution is -0.129. The van der Waals surface area contributed by atoms with Crippen molar-refractivity contribution in [1.29, 1.82) is 5.41 Å². The topological polar surface area (TPSA) is 69.4 Å². The molecule has 2 rings (SSSR count). The maximum Gasteiger partial charge on any atom is 0.240 e. The molecule has 0 spiro atoms. The molecule has 1 unspecified atom stereocenters. The third kappa shape index (κ3) is 3.43. The summed E-state index contributed by atoms with van der Waals surface area (Å²) in [5, 5.41) is 7.47. The van der Waals surface area contributed by atoms with E-state index in [0.29, 0.717) is 5.69 Å². The molecule has 1 fully saturated rings. The predicted molar refractivity (Wildman–Crippen MR) is 83.4 cm³/mol. The average molecular weight is 358 g/mol. The summed E-state index contributed by atoms with van der Waals surface area (Å²) in [6.45, 7) is 0. The fourth-order valence-electron chi connectivity index (χ4n) is 1.69. The Bertz CT molecular complexity index is 545. The monoisotopic (exact) mass is 356 g/mol. The van der Waals surface area contributed by atoms with E-state index in [1.54, 1.807) is 31.6 Å². The van der Waals surface area contributed by atoms with Crippen molar-refractivity contribution in [1.82, 2.24) is 9.88 Å². The number of aromatic nitrogens is 1. The van der Waals surface area contributed by atoms with Gasteiger partial charge in [-0.2, -0.15) is 0 Å². The summed E-state index contributed by atoms with van der Waals surface area (Å²) < 4.78 is -0.478. The van der Waals surface area contributed by atoms with E-state index in [1.165, 1.54) is 11.1 Å². The minimum atomic E-state index is -0.667. The second-order valence-corrected chi connectivity index (χ2v) is 6.59. The van der Waals surface area contributed by atoms with E-state index in [9.17, 15) is 4.79 Å². The largest absolute Gasteiger partial charge is 0.330 e. The van der Waals surface area contributed by atoms with Crippen LogP contribution in [0, 0.1) is 5.41 Å². The fourth-order valence-corrected chi connectivity index (χ4v) is 2.37. The molecule has 1 heterocycles. The van der Waals surface area contributed by atoms with Gasteiger partial charge in [0.15, 0.2) is 0 Å².